The molecule has 15 heavy (non-hydrogen) atoms. The average molecular weight is 273 g/mol. The summed E-state index contributed by atoms with van der Waals surface area (Å²) < 4.78 is 14.1. The molecule has 0 amide bonds. The first kappa shape index (κ1) is 11.0. The Labute approximate surface area is 97.1 Å². The van der Waals surface area contributed by atoms with Gasteiger partial charge < -0.3 is 0 Å². The van der Waals surface area contributed by atoms with E-state index in [1.165, 1.54) is 12.5 Å². The Kier molecular flexibility index (Phi) is 3.38. The predicted octanol–water partition coefficient (Wildman–Crippen LogP) is 2.89. The van der Waals surface area contributed by atoms with Gasteiger partial charge in [-0.05, 0) is 42.5 Å². The summed E-state index contributed by atoms with van der Waals surface area (Å²) in [6, 6.07) is 4.78. The number of nitrogens with two attached hydrogens (primary N) is 1. The lowest BCUT2D eigenvalue weighted by Crippen LogP contribution is -2.36. The van der Waals surface area contributed by atoms with E-state index in [1.54, 1.807) is 12.1 Å². The van der Waals surface area contributed by atoms with E-state index in [0.29, 0.717) is 5.92 Å². The van der Waals surface area contributed by atoms with Crippen molar-refractivity contribution in [2.45, 2.75) is 25.3 Å². The summed E-state index contributed by atoms with van der Waals surface area (Å²) in [6.45, 7) is 0. The van der Waals surface area contributed by atoms with Crippen LogP contribution < -0.4 is 11.3 Å². The quantitative estimate of drug-likeness (QED) is 0.656. The van der Waals surface area contributed by atoms with Crippen LogP contribution >= 0.6 is 15.9 Å². The number of hydrogen-bond donors (Lipinski definition) is 2. The molecule has 1 atom stereocenters. The zero-order chi connectivity index (χ0) is 10.8. The van der Waals surface area contributed by atoms with E-state index < -0.39 is 0 Å². The first-order valence-electron chi connectivity index (χ1n) is 5.13. The highest BCUT2D eigenvalue weighted by Crippen LogP contribution is 2.39. The Morgan fingerprint density at radius 1 is 1.47 bits per heavy atom. The highest BCUT2D eigenvalue weighted by atomic mass is 79.9. The van der Waals surface area contributed by atoms with Crippen LogP contribution in [-0.2, 0) is 0 Å². The maximum atomic E-state index is 13.1. The molecule has 1 aromatic carbocycles. The molecule has 3 N–H and O–H groups in total. The minimum Gasteiger partial charge on any atom is -0.271 e. The molecule has 82 valence electrons. The van der Waals surface area contributed by atoms with E-state index in [9.17, 15) is 4.39 Å². The van der Waals surface area contributed by atoms with Crippen LogP contribution in [0, 0.1) is 11.7 Å². The lowest BCUT2D eigenvalue weighted by Gasteiger charge is -2.34. The van der Waals surface area contributed by atoms with Crippen LogP contribution in [0.4, 0.5) is 4.39 Å². The smallest absolute Gasteiger partial charge is 0.123 e. The number of nitrogens with one attached hydrogen (secondary N) is 1. The van der Waals surface area contributed by atoms with E-state index in [1.807, 2.05) is 0 Å². The lowest BCUT2D eigenvalue weighted by atomic mass is 9.77. The van der Waals surface area contributed by atoms with E-state index >= 15 is 0 Å². The third-order valence-corrected chi connectivity index (χ3v) is 3.82. The van der Waals surface area contributed by atoms with Crippen LogP contribution in [0.15, 0.2) is 22.7 Å². The number of benzene rings is 1. The van der Waals surface area contributed by atoms with Crippen LogP contribution in [0.5, 0.6) is 0 Å². The molecule has 1 aliphatic rings. The monoisotopic (exact) mass is 272 g/mol. The number of hydrazine groups is 1. The van der Waals surface area contributed by atoms with Gasteiger partial charge in [0, 0.05) is 10.5 Å². The van der Waals surface area contributed by atoms with Crippen LogP contribution in [0.3, 0.4) is 0 Å². The first-order valence-corrected chi connectivity index (χ1v) is 5.92. The van der Waals surface area contributed by atoms with Gasteiger partial charge in [0.25, 0.3) is 0 Å². The molecule has 0 saturated heterocycles. The summed E-state index contributed by atoms with van der Waals surface area (Å²) in [5.41, 5.74) is 3.71. The van der Waals surface area contributed by atoms with Gasteiger partial charge in [0.1, 0.15) is 5.82 Å². The zero-order valence-corrected chi connectivity index (χ0v) is 9.93. The molecule has 2 nitrogen and oxygen atoms in total. The summed E-state index contributed by atoms with van der Waals surface area (Å²) in [5.74, 6) is 5.86. The fraction of sp³-hybridized carbons (Fsp3) is 0.455. The third kappa shape index (κ3) is 2.22. The van der Waals surface area contributed by atoms with Crippen molar-refractivity contribution in [3.8, 4) is 0 Å². The molecule has 2 rings (SSSR count). The molecule has 4 heteroatoms. The highest BCUT2D eigenvalue weighted by molar-refractivity contribution is 9.10. The van der Waals surface area contributed by atoms with E-state index in [2.05, 4.69) is 21.4 Å². The molecular formula is C11H14BrFN2. The summed E-state index contributed by atoms with van der Waals surface area (Å²) in [7, 11) is 0. The molecule has 0 aliphatic heterocycles. The maximum absolute atomic E-state index is 13.1. The lowest BCUT2D eigenvalue weighted by molar-refractivity contribution is 0.231. The molecule has 1 saturated carbocycles. The molecule has 0 spiro atoms. The molecule has 1 aromatic rings. The SMILES string of the molecule is NNC(c1cc(F)ccc1Br)C1CCC1. The van der Waals surface area contributed by atoms with Gasteiger partial charge in [-0.3, -0.25) is 11.3 Å². The molecule has 0 radical (unpaired) electrons. The molecule has 1 unspecified atom stereocenters. The van der Waals surface area contributed by atoms with Crippen LogP contribution in [0.2, 0.25) is 0 Å². The van der Waals surface area contributed by atoms with Crippen molar-refractivity contribution in [2.24, 2.45) is 11.8 Å². The topological polar surface area (TPSA) is 38.0 Å². The van der Waals surface area contributed by atoms with Crippen molar-refractivity contribution >= 4 is 15.9 Å². The number of hydrogen-bond acceptors (Lipinski definition) is 2. The Morgan fingerprint density at radius 2 is 2.20 bits per heavy atom. The summed E-state index contributed by atoms with van der Waals surface area (Å²) in [4.78, 5) is 0. The largest absolute Gasteiger partial charge is 0.271 e. The van der Waals surface area contributed by atoms with Crippen molar-refractivity contribution in [1.82, 2.24) is 5.43 Å². The van der Waals surface area contributed by atoms with Crippen LogP contribution in [-0.4, -0.2) is 0 Å². The van der Waals surface area contributed by atoms with E-state index in [4.69, 9.17) is 5.84 Å². The summed E-state index contributed by atoms with van der Waals surface area (Å²) in [5, 5.41) is 0. The van der Waals surface area contributed by atoms with E-state index in [-0.39, 0.29) is 11.9 Å². The zero-order valence-electron chi connectivity index (χ0n) is 8.34. The molecule has 1 aliphatic carbocycles. The molecule has 0 aromatic heterocycles. The molecular weight excluding hydrogens is 259 g/mol. The maximum Gasteiger partial charge on any atom is 0.123 e. The Hall–Kier alpha value is -0.450. The van der Waals surface area contributed by atoms with Gasteiger partial charge in [-0.1, -0.05) is 22.4 Å². The van der Waals surface area contributed by atoms with Gasteiger partial charge in [0.15, 0.2) is 0 Å². The van der Waals surface area contributed by atoms with E-state index in [0.717, 1.165) is 22.9 Å². The second kappa shape index (κ2) is 4.60. The molecule has 1 fully saturated rings. The summed E-state index contributed by atoms with van der Waals surface area (Å²) >= 11 is 3.43. The Morgan fingerprint density at radius 3 is 2.73 bits per heavy atom. The van der Waals surface area contributed by atoms with Gasteiger partial charge in [0.2, 0.25) is 0 Å². The Bertz CT molecular complexity index is 352. The van der Waals surface area contributed by atoms with Crippen molar-refractivity contribution in [3.05, 3.63) is 34.1 Å². The minimum absolute atomic E-state index is 0.0591. The molecule has 0 bridgehead atoms. The van der Waals surface area contributed by atoms with Gasteiger partial charge >= 0.3 is 0 Å². The van der Waals surface area contributed by atoms with Gasteiger partial charge in [-0.2, -0.15) is 0 Å². The average Bonchev–Trinajstić information content (AvgIpc) is 2.15. The second-order valence-corrected chi connectivity index (χ2v) is 4.86. The number of halogens is 2. The van der Waals surface area contributed by atoms with Crippen LogP contribution in [0.25, 0.3) is 0 Å². The van der Waals surface area contributed by atoms with Crippen molar-refractivity contribution in [3.63, 3.8) is 0 Å². The fourth-order valence-electron chi connectivity index (χ4n) is 2.01. The molecule has 0 heterocycles. The van der Waals surface area contributed by atoms with Crippen molar-refractivity contribution < 1.29 is 4.39 Å². The fourth-order valence-corrected chi connectivity index (χ4v) is 2.50. The second-order valence-electron chi connectivity index (χ2n) is 4.00. The normalized spacial score (nSPS) is 18.6. The third-order valence-electron chi connectivity index (χ3n) is 3.09. The Balaban J connectivity index is 2.28. The highest BCUT2D eigenvalue weighted by Gasteiger charge is 2.29. The van der Waals surface area contributed by atoms with Gasteiger partial charge in [-0.25, -0.2) is 4.39 Å². The first-order chi connectivity index (χ1) is 7.22. The minimum atomic E-state index is -0.215. The standard InChI is InChI=1S/C11H14BrFN2/c12-10-5-4-8(13)6-9(10)11(15-14)7-2-1-3-7/h4-7,11,15H,1-3,14H2. The van der Waals surface area contributed by atoms with Crippen molar-refractivity contribution in [2.75, 3.05) is 0 Å². The van der Waals surface area contributed by atoms with Crippen LogP contribution in [0.1, 0.15) is 30.9 Å². The van der Waals surface area contributed by atoms with Gasteiger partial charge in [0.05, 0.1) is 0 Å². The van der Waals surface area contributed by atoms with Gasteiger partial charge in [-0.15, -0.1) is 0 Å². The van der Waals surface area contributed by atoms with Crippen molar-refractivity contribution in [1.29, 1.82) is 0 Å². The summed E-state index contributed by atoms with van der Waals surface area (Å²) in [6.07, 6.45) is 3.57. The number of rotatable bonds is 3. The predicted molar refractivity (Wildman–Crippen MR) is 61.5 cm³/mol.